The normalized spacial score (nSPS) is 10.9. The first-order valence-electron chi connectivity index (χ1n) is 7.00. The van der Waals surface area contributed by atoms with E-state index in [0.29, 0.717) is 12.1 Å². The summed E-state index contributed by atoms with van der Waals surface area (Å²) in [6, 6.07) is 7.86. The molecule has 2 rings (SSSR count). The number of aromatic nitrogens is 2. The molecule has 2 aromatic rings. The van der Waals surface area contributed by atoms with Crippen LogP contribution in [0.5, 0.6) is 0 Å². The summed E-state index contributed by atoms with van der Waals surface area (Å²) >= 11 is 3.06. The number of carbonyl (C=O) groups is 2. The molecular weight excluding hydrogens is 364 g/mol. The molecule has 1 atom stereocenters. The monoisotopic (exact) mass is 380 g/mol. The molecule has 0 amide bonds. The number of carboxylic acids is 2. The molecule has 132 valence electrons. The van der Waals surface area contributed by atoms with Crippen LogP contribution in [-0.4, -0.2) is 38.1 Å². The Morgan fingerprint density at radius 3 is 2.52 bits per heavy atom. The number of carboxylic acid groups (broad SMARTS) is 2. The molecule has 1 unspecified atom stereocenters. The number of nitrogens with zero attached hydrogens (tertiary/aromatic N) is 3. The molecule has 0 fully saturated rings. The first kappa shape index (κ1) is 20.6. The fraction of sp³-hybridized carbons (Fsp3) is 0.267. The zero-order valence-electron chi connectivity index (χ0n) is 13.2. The van der Waals surface area contributed by atoms with Gasteiger partial charge in [-0.25, -0.2) is 18.9 Å². The molecule has 0 radical (unpaired) electrons. The highest BCUT2D eigenvalue weighted by molar-refractivity contribution is 7.99. The van der Waals surface area contributed by atoms with Crippen LogP contribution >= 0.6 is 23.3 Å². The number of nitrogens with two attached hydrogens (primary N) is 1. The van der Waals surface area contributed by atoms with Gasteiger partial charge in [0.05, 0.1) is 5.56 Å². The summed E-state index contributed by atoms with van der Waals surface area (Å²) in [4.78, 5) is 23.8. The number of rotatable bonds is 5. The van der Waals surface area contributed by atoms with Gasteiger partial charge in [-0.1, -0.05) is 11.8 Å². The lowest BCUT2D eigenvalue weighted by Crippen LogP contribution is -2.09. The van der Waals surface area contributed by atoms with Crippen LogP contribution < -0.4 is 5.73 Å². The lowest BCUT2D eigenvalue weighted by atomic mass is 10.2. The van der Waals surface area contributed by atoms with Crippen molar-refractivity contribution in [3.63, 3.8) is 0 Å². The van der Waals surface area contributed by atoms with Crippen molar-refractivity contribution >= 4 is 35.2 Å². The molecule has 0 spiro atoms. The number of aliphatic carboxylic acids is 2. The SMILES string of the molecule is Cc1ccc(C#N)c(SC(CCN)c2ccns2)n1.O=C(O)C(=O)O. The maximum absolute atomic E-state index is 9.14. The molecular formula is C15H16N4O4S2. The summed E-state index contributed by atoms with van der Waals surface area (Å²) in [5.41, 5.74) is 7.20. The van der Waals surface area contributed by atoms with E-state index in [1.54, 1.807) is 18.0 Å². The molecule has 25 heavy (non-hydrogen) atoms. The molecule has 2 aromatic heterocycles. The van der Waals surface area contributed by atoms with Gasteiger partial charge in [-0.05, 0) is 49.6 Å². The summed E-state index contributed by atoms with van der Waals surface area (Å²) in [5, 5.41) is 24.9. The number of hydrogen-bond donors (Lipinski definition) is 3. The fourth-order valence-electron chi connectivity index (χ4n) is 1.64. The van der Waals surface area contributed by atoms with Gasteiger partial charge in [0.1, 0.15) is 11.1 Å². The van der Waals surface area contributed by atoms with Gasteiger partial charge in [-0.15, -0.1) is 0 Å². The standard InChI is InChI=1S/C13H14N4S2.C2H2O4/c1-9-2-3-10(8-15)13(17-9)18-11(4-6-14)12-5-7-16-19-12;3-1(4)2(5)6/h2-3,5,7,11H,4,6,14H2,1H3;(H,3,4)(H,5,6). The molecule has 8 nitrogen and oxygen atoms in total. The molecule has 10 heteroatoms. The Hall–Kier alpha value is -2.48. The van der Waals surface area contributed by atoms with Gasteiger partial charge in [0.25, 0.3) is 0 Å². The Bertz CT molecular complexity index is 747. The highest BCUT2D eigenvalue weighted by Crippen LogP contribution is 2.39. The van der Waals surface area contributed by atoms with E-state index >= 15 is 0 Å². The molecule has 0 saturated heterocycles. The van der Waals surface area contributed by atoms with Crippen molar-refractivity contribution in [2.75, 3.05) is 6.54 Å². The second-order valence-corrected chi connectivity index (χ2v) is 6.68. The lowest BCUT2D eigenvalue weighted by molar-refractivity contribution is -0.159. The van der Waals surface area contributed by atoms with Crippen LogP contribution in [0.15, 0.2) is 29.4 Å². The van der Waals surface area contributed by atoms with Crippen LogP contribution in [0.4, 0.5) is 0 Å². The van der Waals surface area contributed by atoms with Crippen molar-refractivity contribution in [2.45, 2.75) is 23.6 Å². The molecule has 4 N–H and O–H groups in total. The molecule has 0 saturated carbocycles. The van der Waals surface area contributed by atoms with Crippen LogP contribution in [0.2, 0.25) is 0 Å². The Morgan fingerprint density at radius 1 is 1.36 bits per heavy atom. The lowest BCUT2D eigenvalue weighted by Gasteiger charge is -2.14. The summed E-state index contributed by atoms with van der Waals surface area (Å²) < 4.78 is 4.13. The van der Waals surface area contributed by atoms with Crippen molar-refractivity contribution in [1.82, 2.24) is 9.36 Å². The maximum atomic E-state index is 9.14. The maximum Gasteiger partial charge on any atom is 0.414 e. The number of thioether (sulfide) groups is 1. The largest absolute Gasteiger partial charge is 0.473 e. The fourth-order valence-corrected chi connectivity index (χ4v) is 3.67. The predicted molar refractivity (Wildman–Crippen MR) is 93.3 cm³/mol. The van der Waals surface area contributed by atoms with E-state index in [0.717, 1.165) is 17.1 Å². The average molecular weight is 380 g/mol. The Morgan fingerprint density at radius 2 is 2.04 bits per heavy atom. The number of pyridine rings is 1. The number of nitriles is 1. The third-order valence-corrected chi connectivity index (χ3v) is 5.08. The van der Waals surface area contributed by atoms with Gasteiger partial charge in [-0.3, -0.25) is 0 Å². The van der Waals surface area contributed by atoms with E-state index in [4.69, 9.17) is 30.8 Å². The minimum Gasteiger partial charge on any atom is -0.473 e. The van der Waals surface area contributed by atoms with Gasteiger partial charge < -0.3 is 15.9 Å². The summed E-state index contributed by atoms with van der Waals surface area (Å²) in [7, 11) is 0. The third kappa shape index (κ3) is 6.88. The van der Waals surface area contributed by atoms with Crippen molar-refractivity contribution in [3.8, 4) is 6.07 Å². The van der Waals surface area contributed by atoms with Crippen molar-refractivity contribution in [2.24, 2.45) is 5.73 Å². The van der Waals surface area contributed by atoms with Crippen molar-refractivity contribution in [1.29, 1.82) is 5.26 Å². The molecule has 0 aliphatic heterocycles. The van der Waals surface area contributed by atoms with Crippen LogP contribution in [0, 0.1) is 18.3 Å². The second-order valence-electron chi connectivity index (χ2n) is 4.63. The molecule has 2 heterocycles. The topological polar surface area (TPSA) is 150 Å². The quantitative estimate of drug-likeness (QED) is 0.523. The zero-order valence-corrected chi connectivity index (χ0v) is 14.9. The minimum atomic E-state index is -1.82. The van der Waals surface area contributed by atoms with Gasteiger partial charge in [-0.2, -0.15) is 5.26 Å². The molecule has 0 aliphatic rings. The van der Waals surface area contributed by atoms with Crippen LogP contribution in [0.3, 0.4) is 0 Å². The highest BCUT2D eigenvalue weighted by atomic mass is 32.2. The highest BCUT2D eigenvalue weighted by Gasteiger charge is 2.17. The van der Waals surface area contributed by atoms with Crippen LogP contribution in [0.25, 0.3) is 0 Å². The summed E-state index contributed by atoms with van der Waals surface area (Å²) in [5.74, 6) is -3.65. The van der Waals surface area contributed by atoms with E-state index in [1.165, 1.54) is 16.4 Å². The Balaban J connectivity index is 0.000000450. The first-order chi connectivity index (χ1) is 11.9. The van der Waals surface area contributed by atoms with Gasteiger partial charge >= 0.3 is 11.9 Å². The Labute approximate surface area is 152 Å². The molecule has 0 bridgehead atoms. The molecule has 0 aromatic carbocycles. The van der Waals surface area contributed by atoms with Gasteiger partial charge in [0, 0.05) is 22.0 Å². The van der Waals surface area contributed by atoms with Crippen molar-refractivity contribution in [3.05, 3.63) is 40.5 Å². The van der Waals surface area contributed by atoms with Crippen LogP contribution in [-0.2, 0) is 9.59 Å². The first-order valence-corrected chi connectivity index (χ1v) is 8.65. The minimum absolute atomic E-state index is 0.207. The van der Waals surface area contributed by atoms with Gasteiger partial charge in [0.15, 0.2) is 0 Å². The van der Waals surface area contributed by atoms with E-state index < -0.39 is 11.9 Å². The Kier molecular flexibility index (Phi) is 8.55. The number of hydrogen-bond acceptors (Lipinski definition) is 8. The summed E-state index contributed by atoms with van der Waals surface area (Å²) in [6.45, 7) is 2.53. The van der Waals surface area contributed by atoms with E-state index in [-0.39, 0.29) is 5.25 Å². The van der Waals surface area contributed by atoms with Crippen LogP contribution in [0.1, 0.15) is 27.8 Å². The number of aryl methyl sites for hydroxylation is 1. The summed E-state index contributed by atoms with van der Waals surface area (Å²) in [6.07, 6.45) is 2.63. The smallest absolute Gasteiger partial charge is 0.414 e. The van der Waals surface area contributed by atoms with Gasteiger partial charge in [0.2, 0.25) is 0 Å². The average Bonchev–Trinajstić information content (AvgIpc) is 3.09. The van der Waals surface area contributed by atoms with Crippen molar-refractivity contribution < 1.29 is 19.8 Å². The third-order valence-electron chi connectivity index (χ3n) is 2.76. The van der Waals surface area contributed by atoms with E-state index in [9.17, 15) is 0 Å². The second kappa shape index (κ2) is 10.4. The van der Waals surface area contributed by atoms with E-state index in [2.05, 4.69) is 15.4 Å². The van der Waals surface area contributed by atoms with E-state index in [1.807, 2.05) is 25.1 Å². The zero-order chi connectivity index (χ0) is 18.8. The predicted octanol–water partition coefficient (Wildman–Crippen LogP) is 2.06. The molecule has 0 aliphatic carbocycles.